The van der Waals surface area contributed by atoms with Gasteiger partial charge in [0.2, 0.25) is 5.91 Å². The Morgan fingerprint density at radius 1 is 1.05 bits per heavy atom. The average Bonchev–Trinajstić information content (AvgIpc) is 3.53. The molecule has 0 spiro atoms. The summed E-state index contributed by atoms with van der Waals surface area (Å²) in [6.45, 7) is 10.2. The van der Waals surface area contributed by atoms with Gasteiger partial charge in [-0.3, -0.25) is 14.4 Å². The van der Waals surface area contributed by atoms with E-state index in [0.29, 0.717) is 51.0 Å². The molecule has 2 aliphatic heterocycles. The van der Waals surface area contributed by atoms with Crippen molar-refractivity contribution < 1.29 is 29.0 Å². The lowest BCUT2D eigenvalue weighted by Crippen LogP contribution is -2.60. The van der Waals surface area contributed by atoms with Crippen molar-refractivity contribution in [3.63, 3.8) is 0 Å². The number of fused-ring (bicyclic) bond motifs is 1. The minimum absolute atomic E-state index is 0.0731. The molecule has 2 saturated heterocycles. The van der Waals surface area contributed by atoms with Gasteiger partial charge in [0.1, 0.15) is 17.6 Å². The van der Waals surface area contributed by atoms with Crippen molar-refractivity contribution in [2.24, 2.45) is 23.7 Å². The van der Waals surface area contributed by atoms with E-state index in [4.69, 9.17) is 9.72 Å². The minimum atomic E-state index is -0.799. The largest absolute Gasteiger partial charge is 0.481 e. The van der Waals surface area contributed by atoms with E-state index in [1.807, 2.05) is 62.9 Å². The zero-order valence-corrected chi connectivity index (χ0v) is 25.8. The van der Waals surface area contributed by atoms with Crippen LogP contribution in [0.15, 0.2) is 36.4 Å². The summed E-state index contributed by atoms with van der Waals surface area (Å²) in [6, 6.07) is 9.94. The Kier molecular flexibility index (Phi) is 9.36. The number of hydrogen-bond donors (Lipinski definition) is 2. The normalized spacial score (nSPS) is 23.2. The molecule has 0 radical (unpaired) electrons. The lowest BCUT2D eigenvalue weighted by Gasteiger charge is -2.40. The van der Waals surface area contributed by atoms with Gasteiger partial charge in [0.05, 0.1) is 12.5 Å². The van der Waals surface area contributed by atoms with E-state index in [2.05, 4.69) is 10.3 Å². The van der Waals surface area contributed by atoms with Gasteiger partial charge in [0, 0.05) is 50.4 Å². The Morgan fingerprint density at radius 3 is 2.36 bits per heavy atom. The number of ether oxygens (including phenoxy) is 1. The Labute approximate surface area is 257 Å². The number of hydrogen-bond acceptors (Lipinski definition) is 8. The quantitative estimate of drug-likeness (QED) is 0.390. The number of piperazine rings is 1. The predicted octanol–water partition coefficient (Wildman–Crippen LogP) is 3.13. The van der Waals surface area contributed by atoms with Gasteiger partial charge in [0.25, 0.3) is 5.91 Å². The van der Waals surface area contributed by atoms with Crippen molar-refractivity contribution in [3.8, 4) is 11.4 Å². The van der Waals surface area contributed by atoms with E-state index in [1.165, 1.54) is 0 Å². The number of carboxylic acids is 1. The molecule has 1 aliphatic carbocycles. The number of carbonyl (C=O) groups is 4. The zero-order chi connectivity index (χ0) is 31.5. The number of unbranched alkanes of at least 4 members (excludes halogenated alkanes) is 1. The molecule has 5 atom stereocenters. The van der Waals surface area contributed by atoms with Crippen molar-refractivity contribution in [1.82, 2.24) is 25.1 Å². The summed E-state index contributed by atoms with van der Waals surface area (Å²) < 4.78 is 5.37. The summed E-state index contributed by atoms with van der Waals surface area (Å²) in [5.74, 6) is -0.901. The topological polar surface area (TPSA) is 145 Å². The predicted molar refractivity (Wildman–Crippen MR) is 163 cm³/mol. The van der Waals surface area contributed by atoms with Crippen LogP contribution in [0, 0.1) is 23.7 Å². The third-order valence-corrected chi connectivity index (χ3v) is 8.90. The van der Waals surface area contributed by atoms with E-state index in [1.54, 1.807) is 15.9 Å². The lowest BCUT2D eigenvalue weighted by molar-refractivity contribution is -0.139. The van der Waals surface area contributed by atoms with E-state index < -0.39 is 17.9 Å². The Balaban J connectivity index is 1.30. The second-order valence-electron chi connectivity index (χ2n) is 12.4. The van der Waals surface area contributed by atoms with Gasteiger partial charge in [-0.05, 0) is 31.1 Å². The number of benzene rings is 1. The Hall–Kier alpha value is -4.22. The molecule has 12 nitrogen and oxygen atoms in total. The number of aliphatic carboxylic acids is 1. The summed E-state index contributed by atoms with van der Waals surface area (Å²) in [6.07, 6.45) is 1.37. The van der Waals surface area contributed by atoms with Crippen molar-refractivity contribution in [2.75, 3.05) is 44.2 Å². The molecular formula is C32H42N6O6. The van der Waals surface area contributed by atoms with Crippen molar-refractivity contribution in [1.29, 1.82) is 0 Å². The van der Waals surface area contributed by atoms with Crippen molar-refractivity contribution in [3.05, 3.63) is 42.1 Å². The van der Waals surface area contributed by atoms with Gasteiger partial charge in [0.15, 0.2) is 5.82 Å². The number of carbonyl (C=O) groups excluding carboxylic acids is 3. The van der Waals surface area contributed by atoms with Crippen LogP contribution in [0.3, 0.4) is 0 Å². The van der Waals surface area contributed by atoms with Crippen LogP contribution in [0.2, 0.25) is 0 Å². The lowest BCUT2D eigenvalue weighted by atomic mass is 10.0. The molecule has 1 aromatic carbocycles. The fourth-order valence-corrected chi connectivity index (χ4v) is 6.25. The summed E-state index contributed by atoms with van der Waals surface area (Å²) in [4.78, 5) is 66.1. The summed E-state index contributed by atoms with van der Waals surface area (Å²) in [5, 5.41) is 12.4. The highest BCUT2D eigenvalue weighted by Crippen LogP contribution is 2.52. The van der Waals surface area contributed by atoms with Crippen LogP contribution >= 0.6 is 0 Å². The van der Waals surface area contributed by atoms with Crippen LogP contribution in [-0.2, 0) is 14.3 Å². The molecule has 0 unspecified atom stereocenters. The number of anilines is 1. The molecule has 12 heteroatoms. The molecule has 2 N–H and O–H groups in total. The number of aromatic nitrogens is 2. The van der Waals surface area contributed by atoms with Crippen molar-refractivity contribution >= 4 is 29.7 Å². The number of carboxylic acid groups (broad SMARTS) is 1. The standard InChI is InChI=1S/C32H42N6O6/c1-5-6-14-44-32(43)38-13-12-36(16-20(38)4)30(40)27(19(2)3)35-29(39)24-15-25(34-28(33-24)21-10-8-7-9-11-21)37-17-22-23(18-37)26(22)31(41)42/h7-11,15,19-20,22-23,26-27H,5-6,12-14,16-18H2,1-4H3,(H,35,39)(H,41,42)/t20-,22-,23+,26-,27+/m1/s1. The number of nitrogens with one attached hydrogen (secondary N) is 1. The molecule has 1 saturated carbocycles. The van der Waals surface area contributed by atoms with Gasteiger partial charge < -0.3 is 29.9 Å². The molecule has 1 aromatic heterocycles. The first-order valence-corrected chi connectivity index (χ1v) is 15.5. The van der Waals surface area contributed by atoms with E-state index in [0.717, 1.165) is 18.4 Å². The molecule has 5 rings (SSSR count). The highest BCUT2D eigenvalue weighted by molar-refractivity contribution is 5.97. The number of rotatable bonds is 10. The summed E-state index contributed by atoms with van der Waals surface area (Å²) in [5.41, 5.74) is 0.878. The average molecular weight is 607 g/mol. The number of amides is 3. The molecule has 2 aromatic rings. The number of nitrogens with zero attached hydrogens (tertiary/aromatic N) is 5. The Bertz CT molecular complexity index is 1370. The molecule has 3 heterocycles. The van der Waals surface area contributed by atoms with Crippen LogP contribution in [0.25, 0.3) is 11.4 Å². The van der Waals surface area contributed by atoms with Gasteiger partial charge in [-0.1, -0.05) is 57.5 Å². The molecular weight excluding hydrogens is 564 g/mol. The third kappa shape index (κ3) is 6.63. The van der Waals surface area contributed by atoms with Crippen LogP contribution in [-0.4, -0.2) is 100 Å². The smallest absolute Gasteiger partial charge is 0.410 e. The van der Waals surface area contributed by atoms with E-state index in [-0.39, 0.29) is 47.4 Å². The fraction of sp³-hybridized carbons (Fsp3) is 0.562. The van der Waals surface area contributed by atoms with Crippen molar-refractivity contribution in [2.45, 2.75) is 52.6 Å². The molecule has 3 fully saturated rings. The fourth-order valence-electron chi connectivity index (χ4n) is 6.25. The maximum absolute atomic E-state index is 13.7. The first-order chi connectivity index (χ1) is 21.1. The number of piperidine rings is 1. The molecule has 3 amide bonds. The van der Waals surface area contributed by atoms with Gasteiger partial charge in [-0.2, -0.15) is 0 Å². The minimum Gasteiger partial charge on any atom is -0.481 e. The molecule has 236 valence electrons. The Morgan fingerprint density at radius 2 is 1.75 bits per heavy atom. The maximum atomic E-state index is 13.7. The highest BCUT2D eigenvalue weighted by Gasteiger charge is 2.60. The summed E-state index contributed by atoms with van der Waals surface area (Å²) >= 11 is 0. The van der Waals surface area contributed by atoms with E-state index in [9.17, 15) is 24.3 Å². The monoisotopic (exact) mass is 606 g/mol. The molecule has 3 aliphatic rings. The van der Waals surface area contributed by atoms with Crippen LogP contribution in [0.1, 0.15) is 51.0 Å². The summed E-state index contributed by atoms with van der Waals surface area (Å²) in [7, 11) is 0. The zero-order valence-electron chi connectivity index (χ0n) is 25.8. The second-order valence-corrected chi connectivity index (χ2v) is 12.4. The second kappa shape index (κ2) is 13.2. The molecule has 0 bridgehead atoms. The van der Waals surface area contributed by atoms with Crippen LogP contribution in [0.5, 0.6) is 0 Å². The van der Waals surface area contributed by atoms with Gasteiger partial charge in [-0.25, -0.2) is 14.8 Å². The third-order valence-electron chi connectivity index (χ3n) is 8.90. The van der Waals surface area contributed by atoms with Crippen LogP contribution < -0.4 is 10.2 Å². The SMILES string of the molecule is CCCCOC(=O)N1CCN(C(=O)[C@@H](NC(=O)c2cc(N3C[C@@H]4[C@H](C3)[C@@H]4C(=O)O)nc(-c3ccccc3)n2)C(C)C)C[C@H]1C. The maximum Gasteiger partial charge on any atom is 0.410 e. The first-order valence-electron chi connectivity index (χ1n) is 15.5. The van der Waals surface area contributed by atoms with Gasteiger partial charge >= 0.3 is 12.1 Å². The van der Waals surface area contributed by atoms with E-state index >= 15 is 0 Å². The molecule has 44 heavy (non-hydrogen) atoms. The first kappa shape index (κ1) is 31.2. The highest BCUT2D eigenvalue weighted by atomic mass is 16.6. The van der Waals surface area contributed by atoms with Crippen LogP contribution in [0.4, 0.5) is 10.6 Å². The van der Waals surface area contributed by atoms with Gasteiger partial charge in [-0.15, -0.1) is 0 Å².